The zero-order chi connectivity index (χ0) is 17.5. The summed E-state index contributed by atoms with van der Waals surface area (Å²) in [6.45, 7) is 3.02. The summed E-state index contributed by atoms with van der Waals surface area (Å²) in [5.41, 5.74) is 0.697. The molecule has 5 heteroatoms. The van der Waals surface area contributed by atoms with E-state index in [1.54, 1.807) is 18.2 Å². The number of nitrogens with zero attached hydrogens (tertiary/aromatic N) is 1. The topological polar surface area (TPSA) is 41.6 Å². The Morgan fingerprint density at radius 1 is 1.08 bits per heavy atom. The van der Waals surface area contributed by atoms with Crippen molar-refractivity contribution in [3.05, 3.63) is 66.0 Å². The molecule has 0 aliphatic carbocycles. The highest BCUT2D eigenvalue weighted by Crippen LogP contribution is 2.16. The van der Waals surface area contributed by atoms with Crippen LogP contribution in [0.15, 0.2) is 54.6 Å². The molecule has 0 bridgehead atoms. The van der Waals surface area contributed by atoms with E-state index >= 15 is 0 Å². The molecule has 1 fully saturated rings. The first kappa shape index (κ1) is 17.4. The molecule has 1 aliphatic rings. The molecular weight excluding hydrogens is 319 g/mol. The van der Waals surface area contributed by atoms with Gasteiger partial charge in [0.15, 0.2) is 11.6 Å². The smallest absolute Gasteiger partial charge is 0.251 e. The summed E-state index contributed by atoms with van der Waals surface area (Å²) in [6.07, 6.45) is 1.83. The molecule has 0 radical (unpaired) electrons. The lowest BCUT2D eigenvalue weighted by molar-refractivity contribution is 0.0905. The highest BCUT2D eigenvalue weighted by atomic mass is 19.1. The zero-order valence-corrected chi connectivity index (χ0v) is 14.2. The van der Waals surface area contributed by atoms with Crippen LogP contribution in [0.1, 0.15) is 23.2 Å². The minimum absolute atomic E-state index is 0.0121. The number of piperidine rings is 1. The van der Waals surface area contributed by atoms with E-state index in [4.69, 9.17) is 4.74 Å². The fraction of sp³-hybridized carbons (Fsp3) is 0.350. The van der Waals surface area contributed by atoms with E-state index in [1.165, 1.54) is 6.07 Å². The quantitative estimate of drug-likeness (QED) is 0.877. The monoisotopic (exact) mass is 342 g/mol. The van der Waals surface area contributed by atoms with Gasteiger partial charge in [-0.25, -0.2) is 4.39 Å². The van der Waals surface area contributed by atoms with E-state index < -0.39 is 0 Å². The van der Waals surface area contributed by atoms with Crippen molar-refractivity contribution in [2.24, 2.45) is 0 Å². The van der Waals surface area contributed by atoms with Crippen molar-refractivity contribution in [3.8, 4) is 5.75 Å². The largest absolute Gasteiger partial charge is 0.489 e. The average molecular weight is 342 g/mol. The van der Waals surface area contributed by atoms with E-state index in [2.05, 4.69) is 10.2 Å². The Morgan fingerprint density at radius 2 is 1.76 bits per heavy atom. The van der Waals surface area contributed by atoms with Gasteiger partial charge in [0, 0.05) is 31.2 Å². The van der Waals surface area contributed by atoms with Crippen molar-refractivity contribution in [1.29, 1.82) is 0 Å². The first-order valence-electron chi connectivity index (χ1n) is 8.68. The molecule has 1 saturated heterocycles. The summed E-state index contributed by atoms with van der Waals surface area (Å²) in [7, 11) is 0. The molecule has 1 N–H and O–H groups in total. The standard InChI is InChI=1S/C20H23FN2O2/c21-18-8-4-5-9-19(18)25-15-14-23-12-10-17(11-13-23)22-20(24)16-6-2-1-3-7-16/h1-9,17H,10-15H2,(H,22,24). The Balaban J connectivity index is 1.37. The number of rotatable bonds is 6. The van der Waals surface area contributed by atoms with Crippen LogP contribution in [0.2, 0.25) is 0 Å². The van der Waals surface area contributed by atoms with E-state index in [-0.39, 0.29) is 17.8 Å². The predicted molar refractivity (Wildman–Crippen MR) is 95.3 cm³/mol. The first-order chi connectivity index (χ1) is 12.2. The third kappa shape index (κ3) is 5.03. The zero-order valence-electron chi connectivity index (χ0n) is 14.2. The molecule has 2 aromatic rings. The Labute approximate surface area is 147 Å². The maximum atomic E-state index is 13.5. The number of hydrogen-bond acceptors (Lipinski definition) is 3. The molecule has 1 amide bonds. The number of ether oxygens (including phenoxy) is 1. The van der Waals surface area contributed by atoms with Gasteiger partial charge in [0.25, 0.3) is 5.91 Å². The average Bonchev–Trinajstić information content (AvgIpc) is 2.65. The van der Waals surface area contributed by atoms with Crippen molar-refractivity contribution in [1.82, 2.24) is 10.2 Å². The molecule has 1 aliphatic heterocycles. The van der Waals surface area contributed by atoms with Gasteiger partial charge in [0.05, 0.1) is 0 Å². The predicted octanol–water partition coefficient (Wildman–Crippen LogP) is 3.10. The summed E-state index contributed by atoms with van der Waals surface area (Å²) in [6, 6.07) is 15.9. The molecule has 132 valence electrons. The highest BCUT2D eigenvalue weighted by molar-refractivity contribution is 5.94. The molecule has 0 spiro atoms. The molecule has 3 rings (SSSR count). The van der Waals surface area contributed by atoms with Gasteiger partial charge in [-0.1, -0.05) is 30.3 Å². The minimum atomic E-state index is -0.329. The Morgan fingerprint density at radius 3 is 2.48 bits per heavy atom. The minimum Gasteiger partial charge on any atom is -0.489 e. The molecule has 0 saturated carbocycles. The summed E-state index contributed by atoms with van der Waals surface area (Å²) < 4.78 is 19.0. The van der Waals surface area contributed by atoms with Crippen molar-refractivity contribution >= 4 is 5.91 Å². The van der Waals surface area contributed by atoms with Crippen LogP contribution in [0.3, 0.4) is 0 Å². The Bertz CT molecular complexity index is 685. The molecule has 1 heterocycles. The summed E-state index contributed by atoms with van der Waals surface area (Å²) in [5.74, 6) is -0.0423. The molecule has 0 unspecified atom stereocenters. The lowest BCUT2D eigenvalue weighted by Gasteiger charge is -2.32. The highest BCUT2D eigenvalue weighted by Gasteiger charge is 2.21. The number of nitrogens with one attached hydrogen (secondary N) is 1. The van der Waals surface area contributed by atoms with Crippen LogP contribution in [0.4, 0.5) is 4.39 Å². The van der Waals surface area contributed by atoms with Gasteiger partial charge >= 0.3 is 0 Å². The fourth-order valence-electron chi connectivity index (χ4n) is 3.01. The second-order valence-corrected chi connectivity index (χ2v) is 6.23. The fourth-order valence-corrected chi connectivity index (χ4v) is 3.01. The van der Waals surface area contributed by atoms with Gasteiger partial charge < -0.3 is 10.1 Å². The maximum Gasteiger partial charge on any atom is 0.251 e. The van der Waals surface area contributed by atoms with E-state index in [0.717, 1.165) is 32.5 Å². The number of benzene rings is 2. The molecule has 4 nitrogen and oxygen atoms in total. The molecule has 2 aromatic carbocycles. The van der Waals surface area contributed by atoms with Gasteiger partial charge in [0.2, 0.25) is 0 Å². The van der Waals surface area contributed by atoms with Crippen molar-refractivity contribution < 1.29 is 13.9 Å². The maximum absolute atomic E-state index is 13.5. The third-order valence-electron chi connectivity index (χ3n) is 4.46. The number of carbonyl (C=O) groups is 1. The molecule has 0 aromatic heterocycles. The van der Waals surface area contributed by atoms with Crippen LogP contribution in [0.25, 0.3) is 0 Å². The van der Waals surface area contributed by atoms with Gasteiger partial charge in [-0.3, -0.25) is 9.69 Å². The van der Waals surface area contributed by atoms with Crippen LogP contribution in [-0.4, -0.2) is 43.1 Å². The van der Waals surface area contributed by atoms with Gasteiger partial charge in [-0.05, 0) is 37.1 Å². The number of halogens is 1. The van der Waals surface area contributed by atoms with Crippen LogP contribution >= 0.6 is 0 Å². The number of hydrogen-bond donors (Lipinski definition) is 1. The molecular formula is C20H23FN2O2. The summed E-state index contributed by atoms with van der Waals surface area (Å²) in [5, 5.41) is 3.10. The van der Waals surface area contributed by atoms with Crippen molar-refractivity contribution in [2.45, 2.75) is 18.9 Å². The van der Waals surface area contributed by atoms with Crippen molar-refractivity contribution in [2.75, 3.05) is 26.2 Å². The van der Waals surface area contributed by atoms with Gasteiger partial charge in [-0.2, -0.15) is 0 Å². The lowest BCUT2D eigenvalue weighted by Crippen LogP contribution is -2.45. The molecule has 25 heavy (non-hydrogen) atoms. The second-order valence-electron chi connectivity index (χ2n) is 6.23. The van der Waals surface area contributed by atoms with E-state index in [9.17, 15) is 9.18 Å². The van der Waals surface area contributed by atoms with Crippen LogP contribution in [-0.2, 0) is 0 Å². The van der Waals surface area contributed by atoms with Gasteiger partial charge in [0.1, 0.15) is 6.61 Å². The van der Waals surface area contributed by atoms with E-state index in [0.29, 0.717) is 17.9 Å². The third-order valence-corrected chi connectivity index (χ3v) is 4.46. The lowest BCUT2D eigenvalue weighted by atomic mass is 10.0. The number of likely N-dealkylation sites (tertiary alicyclic amines) is 1. The summed E-state index contributed by atoms with van der Waals surface area (Å²) in [4.78, 5) is 14.5. The van der Waals surface area contributed by atoms with Crippen molar-refractivity contribution in [3.63, 3.8) is 0 Å². The normalized spacial score (nSPS) is 15.7. The number of carbonyl (C=O) groups excluding carboxylic acids is 1. The van der Waals surface area contributed by atoms with Crippen LogP contribution < -0.4 is 10.1 Å². The van der Waals surface area contributed by atoms with Gasteiger partial charge in [-0.15, -0.1) is 0 Å². The summed E-state index contributed by atoms with van der Waals surface area (Å²) >= 11 is 0. The molecule has 0 atom stereocenters. The Hall–Kier alpha value is -2.40. The van der Waals surface area contributed by atoms with Crippen LogP contribution in [0.5, 0.6) is 5.75 Å². The SMILES string of the molecule is O=C(NC1CCN(CCOc2ccccc2F)CC1)c1ccccc1. The Kier molecular flexibility index (Phi) is 6.01. The number of amides is 1. The first-order valence-corrected chi connectivity index (χ1v) is 8.68. The number of para-hydroxylation sites is 1. The second kappa shape index (κ2) is 8.62. The van der Waals surface area contributed by atoms with E-state index in [1.807, 2.05) is 30.3 Å². The van der Waals surface area contributed by atoms with Crippen LogP contribution in [0, 0.1) is 5.82 Å².